The zero-order valence-corrected chi connectivity index (χ0v) is 14.6. The van der Waals surface area contributed by atoms with Crippen molar-refractivity contribution in [2.45, 2.75) is 9.79 Å². The standard InChI is InChI=1S/C14H10Cl2N2O3S2/c15-9-2-1-3-10(14(9)16)18-23(20,21)8-4-5-12-11(6-8)17-13(19)7-22-12/h1-6,18H,7H2,(H,17,19). The molecule has 1 aliphatic heterocycles. The lowest BCUT2D eigenvalue weighted by molar-refractivity contribution is -0.113. The average Bonchev–Trinajstić information content (AvgIpc) is 2.51. The summed E-state index contributed by atoms with van der Waals surface area (Å²) in [6.45, 7) is 0. The van der Waals surface area contributed by atoms with Crippen LogP contribution >= 0.6 is 35.0 Å². The molecule has 0 fully saturated rings. The number of nitrogens with one attached hydrogen (secondary N) is 2. The zero-order valence-electron chi connectivity index (χ0n) is 11.5. The highest BCUT2D eigenvalue weighted by atomic mass is 35.5. The third-order valence-corrected chi connectivity index (χ3v) is 6.35. The van der Waals surface area contributed by atoms with E-state index in [1.54, 1.807) is 18.2 Å². The van der Waals surface area contributed by atoms with E-state index in [-0.39, 0.29) is 26.5 Å². The van der Waals surface area contributed by atoms with Gasteiger partial charge in [0.1, 0.15) is 0 Å². The van der Waals surface area contributed by atoms with Crippen LogP contribution in [0.5, 0.6) is 0 Å². The average molecular weight is 389 g/mol. The van der Waals surface area contributed by atoms with Gasteiger partial charge in [-0.25, -0.2) is 8.42 Å². The summed E-state index contributed by atoms with van der Waals surface area (Å²) in [7, 11) is -3.86. The fourth-order valence-corrected chi connectivity index (χ4v) is 4.31. The van der Waals surface area contributed by atoms with Gasteiger partial charge in [-0.15, -0.1) is 11.8 Å². The lowest BCUT2D eigenvalue weighted by atomic mass is 10.3. The Bertz CT molecular complexity index is 901. The highest BCUT2D eigenvalue weighted by Gasteiger charge is 2.21. The van der Waals surface area contributed by atoms with E-state index in [9.17, 15) is 13.2 Å². The Labute approximate surface area is 147 Å². The van der Waals surface area contributed by atoms with Gasteiger partial charge in [0.15, 0.2) is 0 Å². The van der Waals surface area contributed by atoms with Crippen LogP contribution < -0.4 is 10.0 Å². The summed E-state index contributed by atoms with van der Waals surface area (Å²) in [5.41, 5.74) is 0.668. The molecule has 23 heavy (non-hydrogen) atoms. The molecule has 0 spiro atoms. The van der Waals surface area contributed by atoms with Crippen molar-refractivity contribution in [3.8, 4) is 0 Å². The first-order chi connectivity index (χ1) is 10.9. The second kappa shape index (κ2) is 6.24. The summed E-state index contributed by atoms with van der Waals surface area (Å²) < 4.78 is 27.4. The fraction of sp³-hybridized carbons (Fsp3) is 0.0714. The molecule has 0 aliphatic carbocycles. The third-order valence-electron chi connectivity index (χ3n) is 3.09. The summed E-state index contributed by atoms with van der Waals surface area (Å²) in [6.07, 6.45) is 0. The molecule has 2 aromatic carbocycles. The molecule has 0 saturated heterocycles. The molecular formula is C14H10Cl2N2O3S2. The number of fused-ring (bicyclic) bond motifs is 1. The van der Waals surface area contributed by atoms with E-state index in [0.29, 0.717) is 11.4 Å². The molecule has 0 aromatic heterocycles. The SMILES string of the molecule is O=C1CSc2ccc(S(=O)(=O)Nc3cccc(Cl)c3Cl)cc2N1. The number of halogens is 2. The Kier molecular flexibility index (Phi) is 4.46. The van der Waals surface area contributed by atoms with Gasteiger partial charge in [0.25, 0.3) is 10.0 Å². The van der Waals surface area contributed by atoms with Gasteiger partial charge in [-0.1, -0.05) is 29.3 Å². The van der Waals surface area contributed by atoms with Crippen LogP contribution in [-0.2, 0) is 14.8 Å². The minimum Gasteiger partial charge on any atom is -0.324 e. The Morgan fingerprint density at radius 3 is 2.74 bits per heavy atom. The Hall–Kier alpha value is -1.41. The highest BCUT2D eigenvalue weighted by Crippen LogP contribution is 2.35. The van der Waals surface area contributed by atoms with Crippen LogP contribution in [0.3, 0.4) is 0 Å². The van der Waals surface area contributed by atoms with Crippen molar-refractivity contribution in [2.75, 3.05) is 15.8 Å². The van der Waals surface area contributed by atoms with Crippen LogP contribution in [0.2, 0.25) is 10.0 Å². The van der Waals surface area contributed by atoms with Crippen molar-refractivity contribution >= 4 is 62.3 Å². The first-order valence-electron chi connectivity index (χ1n) is 6.40. The van der Waals surface area contributed by atoms with Crippen molar-refractivity contribution in [3.63, 3.8) is 0 Å². The van der Waals surface area contributed by atoms with Gasteiger partial charge in [0, 0.05) is 4.90 Å². The quantitative estimate of drug-likeness (QED) is 0.837. The van der Waals surface area contributed by atoms with Crippen molar-refractivity contribution in [1.29, 1.82) is 0 Å². The number of amides is 1. The minimum atomic E-state index is -3.86. The van der Waals surface area contributed by atoms with E-state index < -0.39 is 10.0 Å². The molecule has 3 rings (SSSR count). The first-order valence-corrected chi connectivity index (χ1v) is 9.63. The summed E-state index contributed by atoms with van der Waals surface area (Å²) in [4.78, 5) is 12.3. The van der Waals surface area contributed by atoms with E-state index in [1.807, 2.05) is 0 Å². The van der Waals surface area contributed by atoms with Gasteiger partial charge >= 0.3 is 0 Å². The molecule has 1 amide bonds. The minimum absolute atomic E-state index is 0.0232. The van der Waals surface area contributed by atoms with Crippen molar-refractivity contribution in [1.82, 2.24) is 0 Å². The smallest absolute Gasteiger partial charge is 0.262 e. The number of thioether (sulfide) groups is 1. The number of benzene rings is 2. The van der Waals surface area contributed by atoms with Gasteiger partial charge in [-0.2, -0.15) is 0 Å². The van der Waals surface area contributed by atoms with E-state index >= 15 is 0 Å². The van der Waals surface area contributed by atoms with E-state index in [2.05, 4.69) is 10.0 Å². The molecule has 0 saturated carbocycles. The fourth-order valence-electron chi connectivity index (χ4n) is 2.02. The van der Waals surface area contributed by atoms with Crippen molar-refractivity contribution in [2.24, 2.45) is 0 Å². The monoisotopic (exact) mass is 388 g/mol. The number of anilines is 2. The molecule has 0 unspecified atom stereocenters. The molecule has 5 nitrogen and oxygen atoms in total. The lowest BCUT2D eigenvalue weighted by Crippen LogP contribution is -2.20. The van der Waals surface area contributed by atoms with Crippen LogP contribution in [0.1, 0.15) is 0 Å². The molecule has 0 atom stereocenters. The lowest BCUT2D eigenvalue weighted by Gasteiger charge is -2.17. The molecule has 120 valence electrons. The van der Waals surface area contributed by atoms with E-state index in [0.717, 1.165) is 4.90 Å². The summed E-state index contributed by atoms with van der Waals surface area (Å²) in [5.74, 6) is 0.151. The zero-order chi connectivity index (χ0) is 16.6. The summed E-state index contributed by atoms with van der Waals surface area (Å²) in [6, 6.07) is 9.22. The molecule has 0 radical (unpaired) electrons. The Balaban J connectivity index is 1.95. The highest BCUT2D eigenvalue weighted by molar-refractivity contribution is 8.00. The number of rotatable bonds is 3. The molecule has 2 aromatic rings. The topological polar surface area (TPSA) is 75.3 Å². The predicted molar refractivity (Wildman–Crippen MR) is 93.1 cm³/mol. The normalized spacial score (nSPS) is 14.1. The van der Waals surface area contributed by atoms with Gasteiger partial charge < -0.3 is 5.32 Å². The van der Waals surface area contributed by atoms with Gasteiger partial charge in [0.05, 0.1) is 32.1 Å². The molecule has 9 heteroatoms. The van der Waals surface area contributed by atoms with Crippen LogP contribution in [0.25, 0.3) is 0 Å². The Morgan fingerprint density at radius 2 is 1.96 bits per heavy atom. The number of carbonyl (C=O) groups is 1. The molecule has 0 bridgehead atoms. The van der Waals surface area contributed by atoms with Gasteiger partial charge in [-0.3, -0.25) is 9.52 Å². The van der Waals surface area contributed by atoms with Crippen LogP contribution in [0.15, 0.2) is 46.2 Å². The largest absolute Gasteiger partial charge is 0.324 e. The predicted octanol–water partition coefficient (Wildman–Crippen LogP) is 3.84. The molecular weight excluding hydrogens is 379 g/mol. The third kappa shape index (κ3) is 3.42. The maximum Gasteiger partial charge on any atom is 0.262 e. The van der Waals surface area contributed by atoms with Crippen molar-refractivity contribution < 1.29 is 13.2 Å². The molecule has 1 heterocycles. The Morgan fingerprint density at radius 1 is 1.17 bits per heavy atom. The maximum atomic E-state index is 12.5. The van der Waals surface area contributed by atoms with Gasteiger partial charge in [-0.05, 0) is 30.3 Å². The van der Waals surface area contributed by atoms with Crippen molar-refractivity contribution in [3.05, 3.63) is 46.4 Å². The first kappa shape index (κ1) is 16.4. The summed E-state index contributed by atoms with van der Waals surface area (Å²) >= 11 is 13.2. The number of hydrogen-bond acceptors (Lipinski definition) is 4. The van der Waals surface area contributed by atoms with Crippen LogP contribution in [-0.4, -0.2) is 20.1 Å². The number of sulfonamides is 1. The van der Waals surface area contributed by atoms with E-state index in [1.165, 1.54) is 30.0 Å². The van der Waals surface area contributed by atoms with Crippen LogP contribution in [0, 0.1) is 0 Å². The second-order valence-corrected chi connectivity index (χ2v) is 8.19. The molecule has 2 N–H and O–H groups in total. The van der Waals surface area contributed by atoms with Gasteiger partial charge in [0.2, 0.25) is 5.91 Å². The van der Waals surface area contributed by atoms with Crippen LogP contribution in [0.4, 0.5) is 11.4 Å². The second-order valence-electron chi connectivity index (χ2n) is 4.70. The maximum absolute atomic E-state index is 12.5. The number of hydrogen-bond donors (Lipinski definition) is 2. The molecule has 1 aliphatic rings. The summed E-state index contributed by atoms with van der Waals surface area (Å²) in [5, 5.41) is 3.03. The number of carbonyl (C=O) groups excluding carboxylic acids is 1. The van der Waals surface area contributed by atoms with E-state index in [4.69, 9.17) is 23.2 Å².